The number of para-hydroxylation sites is 1. The van der Waals surface area contributed by atoms with Crippen LogP contribution in [0.25, 0.3) is 0 Å². The Balaban J connectivity index is 1.71. The lowest BCUT2D eigenvalue weighted by Gasteiger charge is -2.30. The highest BCUT2D eigenvalue weighted by atomic mass is 35.5. The summed E-state index contributed by atoms with van der Waals surface area (Å²) in [6.07, 6.45) is 1.44. The van der Waals surface area contributed by atoms with Gasteiger partial charge in [0.05, 0.1) is 34.5 Å². The van der Waals surface area contributed by atoms with Crippen LogP contribution in [0.15, 0.2) is 58.8 Å². The molecule has 11 heteroatoms. The molecule has 0 spiro atoms. The van der Waals surface area contributed by atoms with Crippen LogP contribution in [-0.4, -0.2) is 36.4 Å². The molecule has 0 saturated heterocycles. The van der Waals surface area contributed by atoms with Gasteiger partial charge >= 0.3 is 5.97 Å². The van der Waals surface area contributed by atoms with Gasteiger partial charge in [0.25, 0.3) is 5.91 Å². The summed E-state index contributed by atoms with van der Waals surface area (Å²) >= 11 is 17.1. The molecule has 0 bridgehead atoms. The van der Waals surface area contributed by atoms with E-state index in [1.807, 2.05) is 0 Å². The van der Waals surface area contributed by atoms with E-state index in [-0.39, 0.29) is 13.2 Å². The molecule has 34 heavy (non-hydrogen) atoms. The summed E-state index contributed by atoms with van der Waals surface area (Å²) < 4.78 is 11.0. The molecule has 1 heterocycles. The average molecular weight is 521 g/mol. The van der Waals surface area contributed by atoms with Crippen LogP contribution >= 0.6 is 35.4 Å². The van der Waals surface area contributed by atoms with Crippen molar-refractivity contribution < 1.29 is 19.1 Å². The maximum Gasteiger partial charge on any atom is 0.338 e. The van der Waals surface area contributed by atoms with Gasteiger partial charge in [0.2, 0.25) is 0 Å². The van der Waals surface area contributed by atoms with Crippen LogP contribution in [0.3, 0.4) is 0 Å². The molecule has 0 fully saturated rings. The standard InChI is InChI=1S/C23H22Cl2N4O4S/c1-3-32-22(31)20-13(2)27-23(34)28-21(20)15-6-4-5-7-18(15)33-12-19(30)29-26-11-14-8-9-16(24)17(25)10-14/h4-11,21H,3,12H2,1-2H3,(H,29,30)(H2,27,28,34)/t21-/m0/s1. The number of carbonyl (C=O) groups is 2. The molecule has 2 aromatic rings. The maximum absolute atomic E-state index is 12.6. The highest BCUT2D eigenvalue weighted by molar-refractivity contribution is 7.80. The van der Waals surface area contributed by atoms with Gasteiger partial charge in [-0.2, -0.15) is 5.10 Å². The number of thiocarbonyl (C=S) groups is 1. The van der Waals surface area contributed by atoms with Gasteiger partial charge in [0.15, 0.2) is 11.7 Å². The Labute approximate surface area is 212 Å². The molecule has 1 aliphatic heterocycles. The fourth-order valence-corrected chi connectivity index (χ4v) is 3.78. The van der Waals surface area contributed by atoms with Crippen molar-refractivity contribution in [1.82, 2.24) is 16.1 Å². The molecule has 8 nitrogen and oxygen atoms in total. The van der Waals surface area contributed by atoms with E-state index in [1.54, 1.807) is 56.3 Å². The first-order valence-electron chi connectivity index (χ1n) is 10.2. The number of allylic oxidation sites excluding steroid dienone is 1. The highest BCUT2D eigenvalue weighted by Crippen LogP contribution is 2.33. The third-order valence-corrected chi connectivity index (χ3v) is 5.66. The molecule has 2 aromatic carbocycles. The zero-order chi connectivity index (χ0) is 24.7. The molecule has 0 radical (unpaired) electrons. The monoisotopic (exact) mass is 520 g/mol. The molecule has 1 aliphatic rings. The lowest BCUT2D eigenvalue weighted by molar-refractivity contribution is -0.139. The third kappa shape index (κ3) is 6.47. The van der Waals surface area contributed by atoms with E-state index in [0.717, 1.165) is 0 Å². The van der Waals surface area contributed by atoms with E-state index in [2.05, 4.69) is 21.2 Å². The number of hydrogen-bond acceptors (Lipinski definition) is 6. The molecule has 3 rings (SSSR count). The van der Waals surface area contributed by atoms with Crippen molar-refractivity contribution in [2.45, 2.75) is 19.9 Å². The summed E-state index contributed by atoms with van der Waals surface area (Å²) in [7, 11) is 0. The first-order valence-corrected chi connectivity index (χ1v) is 11.4. The number of nitrogens with one attached hydrogen (secondary N) is 3. The number of benzene rings is 2. The second-order valence-electron chi connectivity index (χ2n) is 7.08. The smallest absolute Gasteiger partial charge is 0.338 e. The summed E-state index contributed by atoms with van der Waals surface area (Å²) in [5, 5.41) is 11.1. The summed E-state index contributed by atoms with van der Waals surface area (Å²) in [4.78, 5) is 24.9. The topological polar surface area (TPSA) is 101 Å². The number of amides is 1. The fraction of sp³-hybridized carbons (Fsp3) is 0.217. The Bertz CT molecular complexity index is 1170. The minimum Gasteiger partial charge on any atom is -0.483 e. The minimum atomic E-state index is -0.611. The Morgan fingerprint density at radius 1 is 1.21 bits per heavy atom. The summed E-state index contributed by atoms with van der Waals surface area (Å²) in [5.41, 5.74) is 4.64. The van der Waals surface area contributed by atoms with Gasteiger partial charge in [-0.05, 0) is 49.8 Å². The molecule has 0 aliphatic carbocycles. The number of hydrazone groups is 1. The SMILES string of the molecule is CCOC(=O)C1=C(C)NC(=S)N[C@H]1c1ccccc1OCC(=O)NN=Cc1ccc(Cl)c(Cl)c1. The van der Waals surface area contributed by atoms with Crippen molar-refractivity contribution in [1.29, 1.82) is 0 Å². The van der Waals surface area contributed by atoms with Crippen LogP contribution in [0, 0.1) is 0 Å². The average Bonchev–Trinajstić information content (AvgIpc) is 2.80. The van der Waals surface area contributed by atoms with Gasteiger partial charge in [-0.3, -0.25) is 4.79 Å². The van der Waals surface area contributed by atoms with E-state index in [1.165, 1.54) is 6.21 Å². The second-order valence-corrected chi connectivity index (χ2v) is 8.31. The summed E-state index contributed by atoms with van der Waals surface area (Å²) in [6.45, 7) is 3.41. The molecule has 3 N–H and O–H groups in total. The number of rotatable bonds is 8. The largest absolute Gasteiger partial charge is 0.483 e. The number of carbonyl (C=O) groups excluding carboxylic acids is 2. The molecule has 0 saturated carbocycles. The van der Waals surface area contributed by atoms with Gasteiger partial charge in [0.1, 0.15) is 5.75 Å². The first-order chi connectivity index (χ1) is 16.3. The van der Waals surface area contributed by atoms with Crippen molar-refractivity contribution in [2.24, 2.45) is 5.10 Å². The molecular weight excluding hydrogens is 499 g/mol. The van der Waals surface area contributed by atoms with Crippen LogP contribution in [-0.2, 0) is 14.3 Å². The van der Waals surface area contributed by atoms with E-state index < -0.39 is 17.9 Å². The van der Waals surface area contributed by atoms with Gasteiger partial charge in [-0.15, -0.1) is 0 Å². The predicted octanol–water partition coefficient (Wildman–Crippen LogP) is 3.88. The van der Waals surface area contributed by atoms with Crippen LogP contribution in [0.4, 0.5) is 0 Å². The van der Waals surface area contributed by atoms with Crippen molar-refractivity contribution in [3.05, 3.63) is 74.9 Å². The minimum absolute atomic E-state index is 0.230. The Morgan fingerprint density at radius 3 is 2.71 bits per heavy atom. The van der Waals surface area contributed by atoms with Gasteiger partial charge in [-0.25, -0.2) is 10.2 Å². The molecule has 1 amide bonds. The second kappa shape index (κ2) is 11.8. The molecule has 1 atom stereocenters. The van der Waals surface area contributed by atoms with Gasteiger partial charge in [-0.1, -0.05) is 47.5 Å². The number of hydrogen-bond donors (Lipinski definition) is 3. The van der Waals surface area contributed by atoms with E-state index in [9.17, 15) is 9.59 Å². The lowest BCUT2D eigenvalue weighted by atomic mass is 9.95. The molecule has 0 aromatic heterocycles. The summed E-state index contributed by atoms with van der Waals surface area (Å²) in [6, 6.07) is 11.4. The van der Waals surface area contributed by atoms with Crippen LogP contribution in [0.2, 0.25) is 10.0 Å². The lowest BCUT2D eigenvalue weighted by Crippen LogP contribution is -2.45. The molecule has 0 unspecified atom stereocenters. The van der Waals surface area contributed by atoms with Crippen molar-refractivity contribution in [2.75, 3.05) is 13.2 Å². The van der Waals surface area contributed by atoms with Gasteiger partial charge in [0, 0.05) is 11.3 Å². The number of ether oxygens (including phenoxy) is 2. The molecular formula is C23H22Cl2N4O4S. The zero-order valence-electron chi connectivity index (χ0n) is 18.4. The van der Waals surface area contributed by atoms with Crippen LogP contribution in [0.5, 0.6) is 5.75 Å². The summed E-state index contributed by atoms with van der Waals surface area (Å²) in [5.74, 6) is -0.545. The van der Waals surface area contributed by atoms with Crippen molar-refractivity contribution in [3.63, 3.8) is 0 Å². The van der Waals surface area contributed by atoms with E-state index in [0.29, 0.717) is 43.3 Å². The van der Waals surface area contributed by atoms with E-state index in [4.69, 9.17) is 44.9 Å². The zero-order valence-corrected chi connectivity index (χ0v) is 20.7. The first kappa shape index (κ1) is 25.5. The van der Waals surface area contributed by atoms with Crippen molar-refractivity contribution in [3.8, 4) is 5.75 Å². The third-order valence-electron chi connectivity index (χ3n) is 4.70. The molecule has 178 valence electrons. The Hall–Kier alpha value is -3.14. The number of esters is 1. The fourth-order valence-electron chi connectivity index (χ4n) is 3.20. The van der Waals surface area contributed by atoms with Crippen LogP contribution in [0.1, 0.15) is 31.0 Å². The number of halogens is 2. The highest BCUT2D eigenvalue weighted by Gasteiger charge is 2.32. The Morgan fingerprint density at radius 2 is 1.97 bits per heavy atom. The van der Waals surface area contributed by atoms with E-state index >= 15 is 0 Å². The van der Waals surface area contributed by atoms with Gasteiger partial charge < -0.3 is 20.1 Å². The van der Waals surface area contributed by atoms with Crippen molar-refractivity contribution >= 4 is 58.6 Å². The quantitative estimate of drug-likeness (QED) is 0.210. The predicted molar refractivity (Wildman–Crippen MR) is 135 cm³/mol. The Kier molecular flexibility index (Phi) is 8.86. The number of nitrogens with zero attached hydrogens (tertiary/aromatic N) is 1. The maximum atomic E-state index is 12.6. The van der Waals surface area contributed by atoms with Crippen LogP contribution < -0.4 is 20.8 Å². The normalized spacial score (nSPS) is 15.5.